The predicted molar refractivity (Wildman–Crippen MR) is 189 cm³/mol. The lowest BCUT2D eigenvalue weighted by atomic mass is 9.55. The SMILES string of the molecule is CCc1ccc2c(c1)C(C(c1ccccc1)(c1ccccc1)C1C=C(c3ccccc3)c3ccccc31)c1cc(CC)ccc1-2. The Morgan fingerprint density at radius 3 is 1.49 bits per heavy atom. The van der Waals surface area contributed by atoms with Crippen LogP contribution in [0.15, 0.2) is 158 Å². The molecule has 0 N–H and O–H groups in total. The van der Waals surface area contributed by atoms with E-state index in [-0.39, 0.29) is 11.8 Å². The number of aryl methyl sites for hydroxylation is 2. The monoisotopic (exact) mass is 578 g/mol. The summed E-state index contributed by atoms with van der Waals surface area (Å²) in [7, 11) is 0. The van der Waals surface area contributed by atoms with Gasteiger partial charge in [0.2, 0.25) is 0 Å². The van der Waals surface area contributed by atoms with Gasteiger partial charge in [-0.15, -0.1) is 0 Å². The average molecular weight is 579 g/mol. The van der Waals surface area contributed by atoms with Gasteiger partial charge >= 0.3 is 0 Å². The zero-order valence-corrected chi connectivity index (χ0v) is 26.1. The Morgan fingerprint density at radius 1 is 0.467 bits per heavy atom. The summed E-state index contributed by atoms with van der Waals surface area (Å²) in [5.41, 5.74) is 16.1. The smallest absolute Gasteiger partial charge is 0.0415 e. The summed E-state index contributed by atoms with van der Waals surface area (Å²) in [5, 5.41) is 0. The van der Waals surface area contributed by atoms with Crippen LogP contribution in [0.3, 0.4) is 0 Å². The Balaban J connectivity index is 1.53. The van der Waals surface area contributed by atoms with Crippen molar-refractivity contribution in [3.8, 4) is 11.1 Å². The van der Waals surface area contributed by atoms with Crippen LogP contribution in [0.4, 0.5) is 0 Å². The number of allylic oxidation sites excluding steroid dienone is 1. The van der Waals surface area contributed by atoms with Gasteiger partial charge in [-0.2, -0.15) is 0 Å². The second-order valence-electron chi connectivity index (χ2n) is 12.6. The fraction of sp³-hybridized carbons (Fsp3) is 0.156. The summed E-state index contributed by atoms with van der Waals surface area (Å²) in [6.07, 6.45) is 4.64. The molecule has 2 aliphatic carbocycles. The number of fused-ring (bicyclic) bond motifs is 4. The lowest BCUT2D eigenvalue weighted by Gasteiger charge is -2.46. The van der Waals surface area contributed by atoms with E-state index in [2.05, 4.69) is 172 Å². The van der Waals surface area contributed by atoms with E-state index in [0.717, 1.165) is 12.8 Å². The first kappa shape index (κ1) is 27.6. The summed E-state index contributed by atoms with van der Waals surface area (Å²) >= 11 is 0. The lowest BCUT2D eigenvalue weighted by molar-refractivity contribution is 0.416. The molecule has 8 rings (SSSR count). The Morgan fingerprint density at radius 2 is 0.956 bits per heavy atom. The fourth-order valence-corrected chi connectivity index (χ4v) is 8.36. The molecule has 0 spiro atoms. The van der Waals surface area contributed by atoms with Gasteiger partial charge in [-0.3, -0.25) is 0 Å². The van der Waals surface area contributed by atoms with E-state index < -0.39 is 5.41 Å². The molecule has 1 unspecified atom stereocenters. The van der Waals surface area contributed by atoms with Gasteiger partial charge in [0, 0.05) is 17.3 Å². The molecule has 218 valence electrons. The zero-order chi connectivity index (χ0) is 30.4. The molecule has 0 saturated heterocycles. The largest absolute Gasteiger partial charge is 0.0672 e. The molecule has 0 amide bonds. The van der Waals surface area contributed by atoms with Crippen molar-refractivity contribution in [2.75, 3.05) is 0 Å². The predicted octanol–water partition coefficient (Wildman–Crippen LogP) is 11.1. The molecule has 0 bridgehead atoms. The highest BCUT2D eigenvalue weighted by Crippen LogP contribution is 2.64. The first-order valence-electron chi connectivity index (χ1n) is 16.5. The van der Waals surface area contributed by atoms with Crippen molar-refractivity contribution in [2.24, 2.45) is 0 Å². The standard InChI is InChI=1S/C45H38/c1-3-31-24-26-37-38-27-25-32(4-2)29-42(38)44(41(37)28-31)45(34-18-10-6-11-19-34,35-20-12-7-13-21-35)43-30-40(33-16-8-5-9-17-33)36-22-14-15-23-39(36)43/h5-30,43-44H,3-4H2,1-2H3. The topological polar surface area (TPSA) is 0 Å². The highest BCUT2D eigenvalue weighted by atomic mass is 14.5. The maximum absolute atomic E-state index is 2.60. The van der Waals surface area contributed by atoms with Crippen molar-refractivity contribution >= 4 is 5.57 Å². The highest BCUT2D eigenvalue weighted by molar-refractivity contribution is 5.88. The van der Waals surface area contributed by atoms with Crippen LogP contribution in [0, 0.1) is 0 Å². The molecule has 1 atom stereocenters. The number of hydrogen-bond acceptors (Lipinski definition) is 0. The van der Waals surface area contributed by atoms with Gasteiger partial charge in [0.05, 0.1) is 0 Å². The normalized spacial score (nSPS) is 15.3. The van der Waals surface area contributed by atoms with E-state index in [4.69, 9.17) is 0 Å². The first-order chi connectivity index (χ1) is 22.2. The number of rotatable bonds is 7. The van der Waals surface area contributed by atoms with E-state index in [0.29, 0.717) is 0 Å². The minimum atomic E-state index is -0.409. The van der Waals surface area contributed by atoms with Gasteiger partial charge < -0.3 is 0 Å². The molecule has 0 fully saturated rings. The summed E-state index contributed by atoms with van der Waals surface area (Å²) in [6.45, 7) is 4.55. The second kappa shape index (κ2) is 11.2. The van der Waals surface area contributed by atoms with Crippen molar-refractivity contribution in [3.05, 3.63) is 208 Å². The van der Waals surface area contributed by atoms with Crippen LogP contribution < -0.4 is 0 Å². The summed E-state index contributed by atoms with van der Waals surface area (Å²) in [6, 6.07) is 57.4. The van der Waals surface area contributed by atoms with E-state index in [9.17, 15) is 0 Å². The van der Waals surface area contributed by atoms with E-state index in [1.54, 1.807) is 0 Å². The fourth-order valence-electron chi connectivity index (χ4n) is 8.36. The van der Waals surface area contributed by atoms with Gasteiger partial charge in [-0.05, 0) is 79.6 Å². The molecular formula is C45H38. The van der Waals surface area contributed by atoms with Crippen molar-refractivity contribution in [2.45, 2.75) is 43.9 Å². The Labute approximate surface area is 267 Å². The van der Waals surface area contributed by atoms with Gasteiger partial charge in [0.1, 0.15) is 0 Å². The van der Waals surface area contributed by atoms with Crippen molar-refractivity contribution in [1.29, 1.82) is 0 Å². The van der Waals surface area contributed by atoms with E-state index >= 15 is 0 Å². The quantitative estimate of drug-likeness (QED) is 0.177. The minimum absolute atomic E-state index is 0.105. The molecule has 0 saturated carbocycles. The third-order valence-electron chi connectivity index (χ3n) is 10.4. The average Bonchev–Trinajstić information content (AvgIpc) is 3.66. The third kappa shape index (κ3) is 4.27. The van der Waals surface area contributed by atoms with Crippen molar-refractivity contribution in [1.82, 2.24) is 0 Å². The van der Waals surface area contributed by atoms with Crippen LogP contribution >= 0.6 is 0 Å². The molecule has 0 radical (unpaired) electrons. The molecular weight excluding hydrogens is 540 g/mol. The Hall–Kier alpha value is -4.94. The van der Waals surface area contributed by atoms with Crippen molar-refractivity contribution < 1.29 is 0 Å². The van der Waals surface area contributed by atoms with E-state index in [1.165, 1.54) is 66.8 Å². The summed E-state index contributed by atoms with van der Waals surface area (Å²) < 4.78 is 0. The van der Waals surface area contributed by atoms with Crippen LogP contribution in [0.1, 0.15) is 75.8 Å². The molecule has 45 heavy (non-hydrogen) atoms. The van der Waals surface area contributed by atoms with Crippen LogP contribution in [0.5, 0.6) is 0 Å². The molecule has 2 aliphatic rings. The maximum atomic E-state index is 2.60. The Bertz CT molecular complexity index is 1920. The van der Waals surface area contributed by atoms with Gasteiger partial charge in [-0.25, -0.2) is 0 Å². The maximum Gasteiger partial charge on any atom is 0.0415 e. The third-order valence-corrected chi connectivity index (χ3v) is 10.4. The minimum Gasteiger partial charge on any atom is -0.0672 e. The number of benzene rings is 6. The molecule has 0 nitrogen and oxygen atoms in total. The molecule has 0 heteroatoms. The Kier molecular flexibility index (Phi) is 6.87. The highest BCUT2D eigenvalue weighted by Gasteiger charge is 2.54. The molecule has 0 aromatic heterocycles. The molecule has 0 aliphatic heterocycles. The van der Waals surface area contributed by atoms with Crippen LogP contribution in [0.25, 0.3) is 16.7 Å². The molecule has 6 aromatic carbocycles. The van der Waals surface area contributed by atoms with Crippen LogP contribution in [-0.2, 0) is 18.3 Å². The summed E-state index contributed by atoms with van der Waals surface area (Å²) in [5.74, 6) is 0.225. The second-order valence-corrected chi connectivity index (χ2v) is 12.6. The molecule has 0 heterocycles. The van der Waals surface area contributed by atoms with Gasteiger partial charge in [0.25, 0.3) is 0 Å². The van der Waals surface area contributed by atoms with Crippen molar-refractivity contribution in [3.63, 3.8) is 0 Å². The van der Waals surface area contributed by atoms with Crippen LogP contribution in [-0.4, -0.2) is 0 Å². The summed E-state index contributed by atoms with van der Waals surface area (Å²) in [4.78, 5) is 0. The lowest BCUT2D eigenvalue weighted by Crippen LogP contribution is -2.40. The zero-order valence-electron chi connectivity index (χ0n) is 26.1. The first-order valence-corrected chi connectivity index (χ1v) is 16.5. The van der Waals surface area contributed by atoms with Crippen LogP contribution in [0.2, 0.25) is 0 Å². The van der Waals surface area contributed by atoms with E-state index in [1.807, 2.05) is 0 Å². The molecule has 6 aromatic rings. The van der Waals surface area contributed by atoms with Gasteiger partial charge in [0.15, 0.2) is 0 Å². The van der Waals surface area contributed by atoms with Gasteiger partial charge in [-0.1, -0.05) is 172 Å². The number of hydrogen-bond donors (Lipinski definition) is 0.